The lowest BCUT2D eigenvalue weighted by Crippen LogP contribution is -2.41. The second kappa shape index (κ2) is 6.01. The smallest absolute Gasteiger partial charge is 0.238 e. The average molecular weight is 260 g/mol. The molecular weight excluding hydrogens is 246 g/mol. The maximum atomic E-state index is 11.8. The molecule has 0 aliphatic heterocycles. The molecule has 0 saturated heterocycles. The molecule has 0 spiro atoms. The van der Waals surface area contributed by atoms with Gasteiger partial charge in [-0.1, -0.05) is 6.07 Å². The second-order valence-corrected chi connectivity index (χ2v) is 4.86. The number of ketones is 1. The van der Waals surface area contributed by atoms with Gasteiger partial charge in [0.2, 0.25) is 5.91 Å². The highest BCUT2D eigenvalue weighted by atomic mass is 35.5. The summed E-state index contributed by atoms with van der Waals surface area (Å²) < 4.78 is 0. The molecule has 0 atom stereocenters. The Bertz CT molecular complexity index is 362. The van der Waals surface area contributed by atoms with Crippen LogP contribution in [0.4, 0.5) is 0 Å². The van der Waals surface area contributed by atoms with Crippen LogP contribution in [0.1, 0.15) is 23.5 Å². The Kier molecular flexibility index (Phi) is 4.96. The minimum Gasteiger partial charge on any atom is -0.331 e. The molecule has 0 radical (unpaired) electrons. The molecular formula is C11H14ClNO2S. The van der Waals surface area contributed by atoms with E-state index in [9.17, 15) is 9.59 Å². The van der Waals surface area contributed by atoms with Gasteiger partial charge in [-0.3, -0.25) is 9.59 Å². The fourth-order valence-electron chi connectivity index (χ4n) is 1.31. The summed E-state index contributed by atoms with van der Waals surface area (Å²) in [6.45, 7) is 3.84. The van der Waals surface area contributed by atoms with E-state index in [4.69, 9.17) is 11.6 Å². The Labute approximate surface area is 104 Å². The van der Waals surface area contributed by atoms with Crippen molar-refractivity contribution in [2.24, 2.45) is 0 Å². The van der Waals surface area contributed by atoms with Crippen LogP contribution in [0.5, 0.6) is 0 Å². The first-order valence-corrected chi connectivity index (χ1v) is 6.39. The summed E-state index contributed by atoms with van der Waals surface area (Å²) in [6.07, 6.45) is 0. The van der Waals surface area contributed by atoms with Crippen molar-refractivity contribution in [3.05, 3.63) is 22.4 Å². The van der Waals surface area contributed by atoms with Gasteiger partial charge in [-0.25, -0.2) is 0 Å². The predicted octanol–water partition coefficient (Wildman–Crippen LogP) is 2.41. The van der Waals surface area contributed by atoms with Gasteiger partial charge in [0, 0.05) is 6.04 Å². The van der Waals surface area contributed by atoms with E-state index in [1.54, 1.807) is 6.07 Å². The molecule has 3 nitrogen and oxygen atoms in total. The van der Waals surface area contributed by atoms with Gasteiger partial charge in [-0.2, -0.15) is 0 Å². The SMILES string of the molecule is CC(C)N(CC(=O)c1cccs1)C(=O)CCl. The summed E-state index contributed by atoms with van der Waals surface area (Å²) >= 11 is 6.88. The van der Waals surface area contributed by atoms with Gasteiger partial charge in [-0.05, 0) is 25.3 Å². The van der Waals surface area contributed by atoms with Gasteiger partial charge >= 0.3 is 0 Å². The molecule has 0 N–H and O–H groups in total. The second-order valence-electron chi connectivity index (χ2n) is 3.65. The molecule has 0 bridgehead atoms. The van der Waals surface area contributed by atoms with Gasteiger partial charge in [0.25, 0.3) is 0 Å². The molecule has 5 heteroatoms. The highest BCUT2D eigenvalue weighted by molar-refractivity contribution is 7.12. The Hall–Kier alpha value is -0.870. The lowest BCUT2D eigenvalue weighted by Gasteiger charge is -2.24. The molecule has 1 heterocycles. The number of nitrogens with zero attached hydrogens (tertiary/aromatic N) is 1. The number of alkyl halides is 1. The molecule has 1 amide bonds. The average Bonchev–Trinajstić information content (AvgIpc) is 2.77. The van der Waals surface area contributed by atoms with Crippen molar-refractivity contribution in [1.29, 1.82) is 0 Å². The molecule has 0 fully saturated rings. The summed E-state index contributed by atoms with van der Waals surface area (Å²) in [7, 11) is 0. The monoisotopic (exact) mass is 259 g/mol. The number of Topliss-reactive ketones (excluding diaryl/α,β-unsaturated/α-hetero) is 1. The summed E-state index contributed by atoms with van der Waals surface area (Å²) in [5.41, 5.74) is 0. The molecule has 0 aliphatic rings. The molecule has 88 valence electrons. The zero-order chi connectivity index (χ0) is 12.1. The number of carbonyl (C=O) groups is 2. The van der Waals surface area contributed by atoms with Crippen molar-refractivity contribution in [2.45, 2.75) is 19.9 Å². The third-order valence-corrected chi connectivity index (χ3v) is 3.31. The van der Waals surface area contributed by atoms with Crippen LogP contribution < -0.4 is 0 Å². The third kappa shape index (κ3) is 3.32. The molecule has 1 rings (SSSR count). The Morgan fingerprint density at radius 1 is 1.50 bits per heavy atom. The van der Waals surface area contributed by atoms with Gasteiger partial charge < -0.3 is 4.90 Å². The van der Waals surface area contributed by atoms with E-state index in [1.807, 2.05) is 25.3 Å². The van der Waals surface area contributed by atoms with Crippen LogP contribution in [0, 0.1) is 0 Å². The van der Waals surface area contributed by atoms with Gasteiger partial charge in [-0.15, -0.1) is 22.9 Å². The van der Waals surface area contributed by atoms with E-state index < -0.39 is 0 Å². The van der Waals surface area contributed by atoms with E-state index in [1.165, 1.54) is 16.2 Å². The van der Waals surface area contributed by atoms with E-state index >= 15 is 0 Å². The molecule has 1 aromatic heterocycles. The maximum Gasteiger partial charge on any atom is 0.238 e. The van der Waals surface area contributed by atoms with Gasteiger partial charge in [0.05, 0.1) is 11.4 Å². The van der Waals surface area contributed by atoms with Crippen molar-refractivity contribution in [3.8, 4) is 0 Å². The predicted molar refractivity (Wildman–Crippen MR) is 66.2 cm³/mol. The lowest BCUT2D eigenvalue weighted by atomic mass is 10.2. The normalized spacial score (nSPS) is 10.5. The molecule has 0 aliphatic carbocycles. The van der Waals surface area contributed by atoms with Crippen LogP contribution in [0.25, 0.3) is 0 Å². The Morgan fingerprint density at radius 3 is 2.62 bits per heavy atom. The summed E-state index contributed by atoms with van der Waals surface area (Å²) in [5, 5.41) is 1.84. The quantitative estimate of drug-likeness (QED) is 0.602. The number of hydrogen-bond donors (Lipinski definition) is 0. The minimum atomic E-state index is -0.207. The van der Waals surface area contributed by atoms with E-state index in [-0.39, 0.29) is 30.2 Å². The summed E-state index contributed by atoms with van der Waals surface area (Å²) in [4.78, 5) is 25.5. The van der Waals surface area contributed by atoms with Crippen molar-refractivity contribution in [2.75, 3.05) is 12.4 Å². The largest absolute Gasteiger partial charge is 0.331 e. The molecule has 0 saturated carbocycles. The topological polar surface area (TPSA) is 37.4 Å². The number of amides is 1. The maximum absolute atomic E-state index is 11.8. The molecule has 1 aromatic rings. The van der Waals surface area contributed by atoms with Crippen LogP contribution in [-0.2, 0) is 4.79 Å². The highest BCUT2D eigenvalue weighted by Gasteiger charge is 2.20. The molecule has 0 aromatic carbocycles. The van der Waals surface area contributed by atoms with Crippen LogP contribution >= 0.6 is 22.9 Å². The van der Waals surface area contributed by atoms with Gasteiger partial charge in [0.1, 0.15) is 5.88 Å². The van der Waals surface area contributed by atoms with Crippen LogP contribution in [0.3, 0.4) is 0 Å². The summed E-state index contributed by atoms with van der Waals surface area (Å²) in [5.74, 6) is -0.334. The van der Waals surface area contributed by atoms with Crippen LogP contribution in [0.15, 0.2) is 17.5 Å². The zero-order valence-corrected chi connectivity index (χ0v) is 10.8. The highest BCUT2D eigenvalue weighted by Crippen LogP contribution is 2.11. The van der Waals surface area contributed by atoms with Crippen molar-refractivity contribution >= 4 is 34.6 Å². The van der Waals surface area contributed by atoms with E-state index in [2.05, 4.69) is 0 Å². The Balaban J connectivity index is 2.69. The summed E-state index contributed by atoms with van der Waals surface area (Å²) in [6, 6.07) is 3.56. The first-order chi connectivity index (χ1) is 7.56. The van der Waals surface area contributed by atoms with Crippen molar-refractivity contribution in [1.82, 2.24) is 4.90 Å². The Morgan fingerprint density at radius 2 is 2.19 bits per heavy atom. The van der Waals surface area contributed by atoms with E-state index in [0.29, 0.717) is 4.88 Å². The van der Waals surface area contributed by atoms with Gasteiger partial charge in [0.15, 0.2) is 5.78 Å². The van der Waals surface area contributed by atoms with Crippen molar-refractivity contribution in [3.63, 3.8) is 0 Å². The number of halogens is 1. The zero-order valence-electron chi connectivity index (χ0n) is 9.27. The number of hydrogen-bond acceptors (Lipinski definition) is 3. The molecule has 0 unspecified atom stereocenters. The first kappa shape index (κ1) is 13.2. The third-order valence-electron chi connectivity index (χ3n) is 2.17. The lowest BCUT2D eigenvalue weighted by molar-refractivity contribution is -0.129. The van der Waals surface area contributed by atoms with E-state index in [0.717, 1.165) is 0 Å². The molecule has 16 heavy (non-hydrogen) atoms. The number of thiophene rings is 1. The minimum absolute atomic E-state index is 0.0184. The first-order valence-electron chi connectivity index (χ1n) is 4.98. The fraction of sp³-hybridized carbons (Fsp3) is 0.455. The van der Waals surface area contributed by atoms with Crippen LogP contribution in [-0.4, -0.2) is 35.1 Å². The van der Waals surface area contributed by atoms with Crippen molar-refractivity contribution < 1.29 is 9.59 Å². The van der Waals surface area contributed by atoms with Crippen LogP contribution in [0.2, 0.25) is 0 Å². The fourth-order valence-corrected chi connectivity index (χ4v) is 2.12. The number of rotatable bonds is 5. The number of carbonyl (C=O) groups excluding carboxylic acids is 2. The standard InChI is InChI=1S/C11H14ClNO2S/c1-8(2)13(11(15)6-12)7-9(14)10-4-3-5-16-10/h3-5,8H,6-7H2,1-2H3.